The lowest BCUT2D eigenvalue weighted by Crippen LogP contribution is -2.26. The standard InChI is InChI=1S/C15H25ClN2O2S/c1-12(2)8-5-3-4-6-11-18-21(19,20)15-13(16)9-7-10-14(15)17/h7,9-10,12,18H,3-6,8,11,17H2,1-2H3. The topological polar surface area (TPSA) is 72.2 Å². The third-order valence-corrected chi connectivity index (χ3v) is 5.27. The van der Waals surface area contributed by atoms with E-state index in [1.165, 1.54) is 25.0 Å². The summed E-state index contributed by atoms with van der Waals surface area (Å²) < 4.78 is 26.9. The van der Waals surface area contributed by atoms with Crippen LogP contribution in [0.5, 0.6) is 0 Å². The van der Waals surface area contributed by atoms with Gasteiger partial charge in [-0.05, 0) is 24.5 Å². The maximum Gasteiger partial charge on any atom is 0.244 e. The minimum atomic E-state index is -3.63. The third-order valence-electron chi connectivity index (χ3n) is 3.27. The van der Waals surface area contributed by atoms with E-state index in [2.05, 4.69) is 18.6 Å². The van der Waals surface area contributed by atoms with E-state index in [1.807, 2.05) is 0 Å². The smallest absolute Gasteiger partial charge is 0.244 e. The zero-order valence-corrected chi connectivity index (χ0v) is 14.3. The molecular formula is C15H25ClN2O2S. The van der Waals surface area contributed by atoms with Crippen LogP contribution in [0.4, 0.5) is 5.69 Å². The zero-order chi connectivity index (χ0) is 15.9. The van der Waals surface area contributed by atoms with Gasteiger partial charge in [-0.1, -0.05) is 57.2 Å². The minimum Gasteiger partial charge on any atom is -0.398 e. The number of nitrogen functional groups attached to an aromatic ring is 1. The van der Waals surface area contributed by atoms with Gasteiger partial charge in [0.05, 0.1) is 10.7 Å². The van der Waals surface area contributed by atoms with Crippen LogP contribution < -0.4 is 10.5 Å². The first-order valence-corrected chi connectivity index (χ1v) is 9.24. The molecule has 6 heteroatoms. The van der Waals surface area contributed by atoms with Crippen LogP contribution >= 0.6 is 11.6 Å². The Kier molecular flexibility index (Phi) is 7.49. The van der Waals surface area contributed by atoms with E-state index in [9.17, 15) is 8.42 Å². The Balaban J connectivity index is 2.41. The fraction of sp³-hybridized carbons (Fsp3) is 0.600. The summed E-state index contributed by atoms with van der Waals surface area (Å²) in [5, 5.41) is 0.152. The highest BCUT2D eigenvalue weighted by Crippen LogP contribution is 2.26. The van der Waals surface area contributed by atoms with Crippen molar-refractivity contribution >= 4 is 27.3 Å². The highest BCUT2D eigenvalue weighted by atomic mass is 35.5. The number of rotatable bonds is 9. The average molecular weight is 333 g/mol. The summed E-state index contributed by atoms with van der Waals surface area (Å²) in [6.45, 7) is 4.83. The van der Waals surface area contributed by atoms with Crippen LogP contribution in [0, 0.1) is 5.92 Å². The first-order valence-electron chi connectivity index (χ1n) is 7.38. The Labute approximate surface area is 133 Å². The molecule has 3 N–H and O–H groups in total. The van der Waals surface area contributed by atoms with E-state index >= 15 is 0 Å². The molecule has 120 valence electrons. The molecule has 4 nitrogen and oxygen atoms in total. The van der Waals surface area contributed by atoms with Crippen LogP contribution in [0.1, 0.15) is 46.0 Å². The number of benzene rings is 1. The summed E-state index contributed by atoms with van der Waals surface area (Å²) in [5.74, 6) is 0.728. The second kappa shape index (κ2) is 8.61. The van der Waals surface area contributed by atoms with Crippen molar-refractivity contribution in [3.8, 4) is 0 Å². The summed E-state index contributed by atoms with van der Waals surface area (Å²) in [4.78, 5) is -0.0218. The Morgan fingerprint density at radius 3 is 2.48 bits per heavy atom. The van der Waals surface area contributed by atoms with Gasteiger partial charge in [0, 0.05) is 6.54 Å². The van der Waals surface area contributed by atoms with Crippen LogP contribution in [0.2, 0.25) is 5.02 Å². The number of anilines is 1. The molecular weight excluding hydrogens is 308 g/mol. The number of unbranched alkanes of at least 4 members (excludes halogenated alkanes) is 3. The van der Waals surface area contributed by atoms with Crippen molar-refractivity contribution in [1.82, 2.24) is 4.72 Å². The molecule has 0 atom stereocenters. The molecule has 0 fully saturated rings. The Morgan fingerprint density at radius 2 is 1.86 bits per heavy atom. The quantitative estimate of drug-likeness (QED) is 0.533. The SMILES string of the molecule is CC(C)CCCCCCNS(=O)(=O)c1c(N)cccc1Cl. The molecule has 0 aromatic heterocycles. The van der Waals surface area contributed by atoms with Gasteiger partial charge in [0.2, 0.25) is 10.0 Å². The maximum absolute atomic E-state index is 12.2. The van der Waals surface area contributed by atoms with E-state index in [1.54, 1.807) is 6.07 Å². The molecule has 0 heterocycles. The van der Waals surface area contributed by atoms with E-state index in [0.717, 1.165) is 25.2 Å². The van der Waals surface area contributed by atoms with Gasteiger partial charge in [0.15, 0.2) is 0 Å². The predicted molar refractivity (Wildman–Crippen MR) is 89.0 cm³/mol. The normalized spacial score (nSPS) is 12.0. The second-order valence-corrected chi connectivity index (χ2v) is 7.76. The second-order valence-electron chi connectivity index (χ2n) is 5.65. The molecule has 0 spiro atoms. The van der Waals surface area contributed by atoms with Crippen LogP contribution in [0.25, 0.3) is 0 Å². The van der Waals surface area contributed by atoms with Gasteiger partial charge in [0.25, 0.3) is 0 Å². The maximum atomic E-state index is 12.2. The number of nitrogens with two attached hydrogens (primary N) is 1. The van der Waals surface area contributed by atoms with Gasteiger partial charge in [-0.15, -0.1) is 0 Å². The van der Waals surface area contributed by atoms with E-state index in [0.29, 0.717) is 6.54 Å². The van der Waals surface area contributed by atoms with Crippen molar-refractivity contribution in [1.29, 1.82) is 0 Å². The molecule has 0 aliphatic rings. The summed E-state index contributed by atoms with van der Waals surface area (Å²) in [7, 11) is -3.63. The van der Waals surface area contributed by atoms with Gasteiger partial charge >= 0.3 is 0 Å². The largest absolute Gasteiger partial charge is 0.398 e. The van der Waals surface area contributed by atoms with Crippen molar-refractivity contribution in [3.05, 3.63) is 23.2 Å². The molecule has 0 aliphatic heterocycles. The molecule has 1 aromatic rings. The van der Waals surface area contributed by atoms with Crippen LogP contribution in [0.15, 0.2) is 23.1 Å². The number of nitrogens with one attached hydrogen (secondary N) is 1. The molecule has 0 saturated heterocycles. The predicted octanol–water partition coefficient (Wildman–Crippen LogP) is 3.81. The molecule has 21 heavy (non-hydrogen) atoms. The molecule has 0 unspecified atom stereocenters. The van der Waals surface area contributed by atoms with Crippen molar-refractivity contribution in [2.75, 3.05) is 12.3 Å². The van der Waals surface area contributed by atoms with Gasteiger partial charge < -0.3 is 5.73 Å². The Morgan fingerprint density at radius 1 is 1.19 bits per heavy atom. The first-order chi connectivity index (χ1) is 9.84. The third kappa shape index (κ3) is 6.24. The summed E-state index contributed by atoms with van der Waals surface area (Å²) in [6.07, 6.45) is 5.40. The molecule has 0 amide bonds. The summed E-state index contributed by atoms with van der Waals surface area (Å²) >= 11 is 5.93. The van der Waals surface area contributed by atoms with E-state index in [4.69, 9.17) is 17.3 Å². The minimum absolute atomic E-state index is 0.0218. The zero-order valence-electron chi connectivity index (χ0n) is 12.7. The van der Waals surface area contributed by atoms with Gasteiger partial charge in [-0.2, -0.15) is 0 Å². The molecule has 1 aromatic carbocycles. The fourth-order valence-corrected chi connectivity index (χ4v) is 3.87. The van der Waals surface area contributed by atoms with Crippen molar-refractivity contribution in [2.45, 2.75) is 50.8 Å². The number of hydrogen-bond acceptors (Lipinski definition) is 3. The van der Waals surface area contributed by atoms with E-state index in [-0.39, 0.29) is 15.6 Å². The molecule has 0 radical (unpaired) electrons. The van der Waals surface area contributed by atoms with Crippen molar-refractivity contribution in [3.63, 3.8) is 0 Å². The lowest BCUT2D eigenvalue weighted by Gasteiger charge is -2.10. The number of sulfonamides is 1. The summed E-state index contributed by atoms with van der Waals surface area (Å²) in [6, 6.07) is 4.69. The molecule has 1 rings (SSSR count). The monoisotopic (exact) mass is 332 g/mol. The lowest BCUT2D eigenvalue weighted by molar-refractivity contribution is 0.517. The van der Waals surface area contributed by atoms with Crippen LogP contribution in [0.3, 0.4) is 0 Å². The fourth-order valence-electron chi connectivity index (χ4n) is 2.12. The van der Waals surface area contributed by atoms with Gasteiger partial charge in [0.1, 0.15) is 4.90 Å². The average Bonchev–Trinajstić information content (AvgIpc) is 2.36. The van der Waals surface area contributed by atoms with Crippen LogP contribution in [-0.2, 0) is 10.0 Å². The van der Waals surface area contributed by atoms with Crippen molar-refractivity contribution in [2.24, 2.45) is 5.92 Å². The Hall–Kier alpha value is -0.780. The Bertz CT molecular complexity index is 524. The first kappa shape index (κ1) is 18.3. The van der Waals surface area contributed by atoms with Gasteiger partial charge in [-0.25, -0.2) is 13.1 Å². The molecule has 0 bridgehead atoms. The number of hydrogen-bond donors (Lipinski definition) is 2. The van der Waals surface area contributed by atoms with E-state index < -0.39 is 10.0 Å². The number of halogens is 1. The van der Waals surface area contributed by atoms with Crippen molar-refractivity contribution < 1.29 is 8.42 Å². The lowest BCUT2D eigenvalue weighted by atomic mass is 10.0. The molecule has 0 saturated carbocycles. The highest BCUT2D eigenvalue weighted by molar-refractivity contribution is 7.89. The van der Waals surface area contributed by atoms with Crippen LogP contribution in [-0.4, -0.2) is 15.0 Å². The highest BCUT2D eigenvalue weighted by Gasteiger charge is 2.20. The summed E-state index contributed by atoms with van der Waals surface area (Å²) in [5.41, 5.74) is 5.88. The molecule has 0 aliphatic carbocycles. The van der Waals surface area contributed by atoms with Gasteiger partial charge in [-0.3, -0.25) is 0 Å².